The van der Waals surface area contributed by atoms with Gasteiger partial charge >= 0.3 is 0 Å². The molecule has 2 fully saturated rings. The minimum Gasteiger partial charge on any atom is -0.472 e. The molecule has 31 heavy (non-hydrogen) atoms. The topological polar surface area (TPSA) is 112 Å². The second-order valence-electron chi connectivity index (χ2n) is 7.87. The molecule has 10 heteroatoms. The fraction of sp³-hybridized carbons (Fsp3) is 0.524. The number of nitrogens with zero attached hydrogens (tertiary/aromatic N) is 6. The lowest BCUT2D eigenvalue weighted by Crippen LogP contribution is -2.20. The number of hydrogen-bond acceptors (Lipinski definition) is 8. The first-order valence-corrected chi connectivity index (χ1v) is 10.6. The van der Waals surface area contributed by atoms with E-state index in [0.29, 0.717) is 49.6 Å². The van der Waals surface area contributed by atoms with E-state index in [9.17, 15) is 5.26 Å². The smallest absolute Gasteiger partial charge is 0.257 e. The summed E-state index contributed by atoms with van der Waals surface area (Å²) in [6.07, 6.45) is 7.65. The van der Waals surface area contributed by atoms with Crippen molar-refractivity contribution in [2.24, 2.45) is 0 Å². The molecule has 1 saturated heterocycles. The molecule has 0 atom stereocenters. The molecule has 1 saturated carbocycles. The summed E-state index contributed by atoms with van der Waals surface area (Å²) in [7, 11) is 1.66. The van der Waals surface area contributed by atoms with Crippen LogP contribution in [-0.4, -0.2) is 57.3 Å². The number of fused-ring (bicyclic) bond motifs is 1. The average Bonchev–Trinajstić information content (AvgIpc) is 3.42. The van der Waals surface area contributed by atoms with Crippen LogP contribution < -0.4 is 10.1 Å². The molecule has 0 radical (unpaired) electrons. The largest absolute Gasteiger partial charge is 0.472 e. The van der Waals surface area contributed by atoms with E-state index in [1.54, 1.807) is 18.0 Å². The molecular weight excluding hydrogens is 398 g/mol. The van der Waals surface area contributed by atoms with E-state index in [1.807, 2.05) is 16.8 Å². The molecule has 162 valence electrons. The molecule has 0 bridgehead atoms. The molecule has 10 nitrogen and oxygen atoms in total. The predicted molar refractivity (Wildman–Crippen MR) is 112 cm³/mol. The minimum atomic E-state index is 0.189. The molecule has 1 aliphatic heterocycles. The summed E-state index contributed by atoms with van der Waals surface area (Å²) < 4.78 is 20.4. The number of anilines is 2. The highest BCUT2D eigenvalue weighted by Crippen LogP contribution is 2.33. The van der Waals surface area contributed by atoms with Crippen molar-refractivity contribution in [1.29, 1.82) is 5.26 Å². The molecule has 0 spiro atoms. The van der Waals surface area contributed by atoms with Crippen LogP contribution in [0.1, 0.15) is 37.4 Å². The number of nitriles is 1. The Morgan fingerprint density at radius 2 is 2.13 bits per heavy atom. The maximum atomic E-state index is 9.65. The van der Waals surface area contributed by atoms with Crippen molar-refractivity contribution < 1.29 is 14.2 Å². The Morgan fingerprint density at radius 1 is 1.29 bits per heavy atom. The van der Waals surface area contributed by atoms with Crippen molar-refractivity contribution in [1.82, 2.24) is 24.3 Å². The number of aromatic nitrogens is 5. The number of rotatable bonds is 8. The Hall–Kier alpha value is -3.16. The van der Waals surface area contributed by atoms with Crippen LogP contribution in [0.15, 0.2) is 18.5 Å². The first-order chi connectivity index (χ1) is 15.2. The van der Waals surface area contributed by atoms with Crippen molar-refractivity contribution in [3.8, 4) is 11.9 Å². The quantitative estimate of drug-likeness (QED) is 0.589. The number of hydrogen-bond donors (Lipinski definition) is 1. The van der Waals surface area contributed by atoms with Crippen LogP contribution in [0.5, 0.6) is 5.88 Å². The molecular formula is C21H25N7O3. The highest BCUT2D eigenvalue weighted by molar-refractivity contribution is 5.79. The number of methoxy groups -OCH3 is 1. The van der Waals surface area contributed by atoms with Gasteiger partial charge in [-0.25, -0.2) is 4.98 Å². The van der Waals surface area contributed by atoms with Gasteiger partial charge in [0, 0.05) is 37.9 Å². The zero-order chi connectivity index (χ0) is 21.2. The second kappa shape index (κ2) is 8.53. The molecule has 0 aromatic carbocycles. The van der Waals surface area contributed by atoms with E-state index in [4.69, 9.17) is 19.2 Å². The zero-order valence-corrected chi connectivity index (χ0v) is 17.5. The fourth-order valence-corrected chi connectivity index (χ4v) is 3.81. The maximum absolute atomic E-state index is 9.65. The van der Waals surface area contributed by atoms with Crippen LogP contribution in [0.25, 0.3) is 11.0 Å². The van der Waals surface area contributed by atoms with E-state index in [0.717, 1.165) is 36.7 Å². The van der Waals surface area contributed by atoms with Gasteiger partial charge in [-0.1, -0.05) is 0 Å². The Balaban J connectivity index is 1.46. The molecule has 4 heterocycles. The fourth-order valence-electron chi connectivity index (χ4n) is 3.81. The Labute approximate surface area is 179 Å². The van der Waals surface area contributed by atoms with Gasteiger partial charge in [0.25, 0.3) is 5.88 Å². The van der Waals surface area contributed by atoms with Gasteiger partial charge in [0.05, 0.1) is 19.3 Å². The van der Waals surface area contributed by atoms with Gasteiger partial charge in [0.1, 0.15) is 29.2 Å². The minimum absolute atomic E-state index is 0.189. The predicted octanol–water partition coefficient (Wildman–Crippen LogP) is 2.78. The zero-order valence-electron chi connectivity index (χ0n) is 17.5. The van der Waals surface area contributed by atoms with Crippen LogP contribution in [0.2, 0.25) is 0 Å². The van der Waals surface area contributed by atoms with Crippen molar-refractivity contribution in [2.75, 3.05) is 32.2 Å². The van der Waals surface area contributed by atoms with E-state index >= 15 is 0 Å². The first kappa shape index (κ1) is 19.8. The number of nitrogens with one attached hydrogen (secondary N) is 1. The molecule has 0 unspecified atom stereocenters. The number of ether oxygens (including phenoxy) is 3. The molecule has 1 N–H and O–H groups in total. The summed E-state index contributed by atoms with van der Waals surface area (Å²) in [5.74, 6) is 0.982. The molecule has 3 aromatic heterocycles. The molecule has 0 amide bonds. The van der Waals surface area contributed by atoms with Gasteiger partial charge in [-0.05, 0) is 31.7 Å². The highest BCUT2D eigenvalue weighted by atomic mass is 16.5. The Bertz CT molecular complexity index is 1110. The van der Waals surface area contributed by atoms with E-state index in [-0.39, 0.29) is 12.1 Å². The van der Waals surface area contributed by atoms with Crippen LogP contribution in [0.4, 0.5) is 11.6 Å². The average molecular weight is 423 g/mol. The SMILES string of the molecule is COCCn1cc(Nc2ncc3cc(C#N)n(C4CCOCC4)c3n2)c(OC2CC2)n1. The summed E-state index contributed by atoms with van der Waals surface area (Å²) in [5, 5.41) is 18.3. The van der Waals surface area contributed by atoms with Crippen molar-refractivity contribution in [2.45, 2.75) is 44.4 Å². The van der Waals surface area contributed by atoms with E-state index in [1.165, 1.54) is 0 Å². The normalized spacial score (nSPS) is 17.0. The van der Waals surface area contributed by atoms with Crippen LogP contribution in [-0.2, 0) is 16.0 Å². The second-order valence-corrected chi connectivity index (χ2v) is 7.87. The third kappa shape index (κ3) is 4.19. The third-order valence-corrected chi connectivity index (χ3v) is 5.55. The lowest BCUT2D eigenvalue weighted by atomic mass is 10.1. The summed E-state index contributed by atoms with van der Waals surface area (Å²) in [5.41, 5.74) is 2.06. The van der Waals surface area contributed by atoms with Gasteiger partial charge in [-0.2, -0.15) is 10.2 Å². The molecule has 2 aliphatic rings. The van der Waals surface area contributed by atoms with Gasteiger partial charge < -0.3 is 24.1 Å². The lowest BCUT2D eigenvalue weighted by Gasteiger charge is -2.24. The van der Waals surface area contributed by atoms with Crippen molar-refractivity contribution in [3.05, 3.63) is 24.2 Å². The molecule has 1 aliphatic carbocycles. The van der Waals surface area contributed by atoms with Gasteiger partial charge in [-0.15, -0.1) is 5.10 Å². The van der Waals surface area contributed by atoms with Crippen LogP contribution >= 0.6 is 0 Å². The van der Waals surface area contributed by atoms with Crippen molar-refractivity contribution in [3.63, 3.8) is 0 Å². The summed E-state index contributed by atoms with van der Waals surface area (Å²) in [6.45, 7) is 2.56. The Morgan fingerprint density at radius 3 is 2.87 bits per heavy atom. The van der Waals surface area contributed by atoms with Gasteiger partial charge in [-0.3, -0.25) is 4.68 Å². The van der Waals surface area contributed by atoms with Gasteiger partial charge in [0.2, 0.25) is 5.95 Å². The maximum Gasteiger partial charge on any atom is 0.257 e. The van der Waals surface area contributed by atoms with E-state index in [2.05, 4.69) is 21.5 Å². The van der Waals surface area contributed by atoms with Crippen LogP contribution in [0, 0.1) is 11.3 Å². The van der Waals surface area contributed by atoms with Gasteiger partial charge in [0.15, 0.2) is 0 Å². The highest BCUT2D eigenvalue weighted by Gasteiger charge is 2.27. The summed E-state index contributed by atoms with van der Waals surface area (Å²) in [4.78, 5) is 9.21. The molecule has 5 rings (SSSR count). The van der Waals surface area contributed by atoms with E-state index < -0.39 is 0 Å². The summed E-state index contributed by atoms with van der Waals surface area (Å²) in [6, 6.07) is 4.34. The third-order valence-electron chi connectivity index (χ3n) is 5.55. The molecule has 3 aromatic rings. The first-order valence-electron chi connectivity index (χ1n) is 10.6. The Kier molecular flexibility index (Phi) is 5.44. The standard InChI is InChI=1S/C21H25N7O3/c1-29-9-6-27-13-18(20(26-27)31-17-2-3-17)24-21-23-12-14-10-16(11-22)28(19(14)25-21)15-4-7-30-8-5-15/h10,12-13,15,17H,2-9H2,1H3,(H,23,24,25). The van der Waals surface area contributed by atoms with Crippen LogP contribution in [0.3, 0.4) is 0 Å². The monoisotopic (exact) mass is 423 g/mol. The van der Waals surface area contributed by atoms with Crippen molar-refractivity contribution >= 4 is 22.7 Å². The summed E-state index contributed by atoms with van der Waals surface area (Å²) >= 11 is 0. The lowest BCUT2D eigenvalue weighted by molar-refractivity contribution is 0.0704.